The Bertz CT molecular complexity index is 398. The average molecular weight is 231 g/mol. The Labute approximate surface area is 92.3 Å². The molecule has 1 unspecified atom stereocenters. The first kappa shape index (κ1) is 11.7. The molecule has 2 N–H and O–H groups in total. The number of nitrogens with two attached hydrogens (primary N) is 1. The maximum atomic E-state index is 5.60. The third-order valence-electron chi connectivity index (χ3n) is 1.62. The van der Waals surface area contributed by atoms with Crippen molar-refractivity contribution in [1.82, 2.24) is 15.1 Å². The molecule has 0 radical (unpaired) electrons. The van der Waals surface area contributed by atoms with Crippen molar-refractivity contribution in [2.75, 3.05) is 0 Å². The summed E-state index contributed by atoms with van der Waals surface area (Å²) in [6, 6.07) is 0.0118. The molecule has 7 heteroatoms. The van der Waals surface area contributed by atoms with Crippen molar-refractivity contribution in [1.29, 1.82) is 0 Å². The van der Waals surface area contributed by atoms with E-state index in [0.29, 0.717) is 23.8 Å². The van der Waals surface area contributed by atoms with E-state index >= 15 is 0 Å². The number of hydrogen-bond donors (Lipinski definition) is 1. The largest absolute Gasteiger partial charge is 0.451 e. The van der Waals surface area contributed by atoms with Crippen LogP contribution in [0.1, 0.15) is 12.7 Å². The number of rotatable bonds is 3. The number of oxazole rings is 1. The van der Waals surface area contributed by atoms with Crippen LogP contribution in [0.4, 0.5) is 0 Å². The minimum atomic E-state index is 0. The van der Waals surface area contributed by atoms with Crippen LogP contribution in [0.3, 0.4) is 0 Å². The van der Waals surface area contributed by atoms with Gasteiger partial charge >= 0.3 is 0 Å². The molecule has 0 amide bonds. The molecule has 15 heavy (non-hydrogen) atoms. The zero-order chi connectivity index (χ0) is 9.97. The van der Waals surface area contributed by atoms with Gasteiger partial charge in [-0.2, -0.15) is 4.98 Å². The standard InChI is InChI=1S/C8H10N4O2.ClH/c1-5(9)2-7-11-8(14-12-7)6-3-13-4-10-6;/h3-5H,2,9H2,1H3;1H. The molecule has 1 atom stereocenters. The highest BCUT2D eigenvalue weighted by Crippen LogP contribution is 2.14. The lowest BCUT2D eigenvalue weighted by Gasteiger charge is -1.96. The van der Waals surface area contributed by atoms with Crippen LogP contribution in [0.25, 0.3) is 11.6 Å². The van der Waals surface area contributed by atoms with Gasteiger partial charge in [-0.25, -0.2) is 4.98 Å². The lowest BCUT2D eigenvalue weighted by Crippen LogP contribution is -2.18. The van der Waals surface area contributed by atoms with Gasteiger partial charge in [0.2, 0.25) is 0 Å². The van der Waals surface area contributed by atoms with E-state index in [1.54, 1.807) is 0 Å². The van der Waals surface area contributed by atoms with Gasteiger partial charge in [-0.3, -0.25) is 0 Å². The van der Waals surface area contributed by atoms with Gasteiger partial charge in [0.05, 0.1) is 0 Å². The van der Waals surface area contributed by atoms with Gasteiger partial charge in [0.25, 0.3) is 5.89 Å². The molecule has 0 aliphatic heterocycles. The van der Waals surface area contributed by atoms with E-state index in [1.165, 1.54) is 12.7 Å². The highest BCUT2D eigenvalue weighted by atomic mass is 35.5. The molecular formula is C8H11ClN4O2. The molecule has 0 bridgehead atoms. The van der Waals surface area contributed by atoms with Crippen LogP contribution < -0.4 is 5.73 Å². The number of halogens is 1. The number of nitrogens with zero attached hydrogens (tertiary/aromatic N) is 3. The van der Waals surface area contributed by atoms with Crippen LogP contribution in [0.5, 0.6) is 0 Å². The van der Waals surface area contributed by atoms with Gasteiger partial charge in [0.15, 0.2) is 17.9 Å². The monoisotopic (exact) mass is 230 g/mol. The molecule has 0 fully saturated rings. The highest BCUT2D eigenvalue weighted by Gasteiger charge is 2.11. The second-order valence-electron chi connectivity index (χ2n) is 3.07. The molecule has 2 heterocycles. The zero-order valence-electron chi connectivity index (χ0n) is 8.08. The Hall–Kier alpha value is -1.40. The van der Waals surface area contributed by atoms with E-state index in [1.807, 2.05) is 6.92 Å². The summed E-state index contributed by atoms with van der Waals surface area (Å²) in [5.41, 5.74) is 6.13. The number of aromatic nitrogens is 3. The number of hydrogen-bond acceptors (Lipinski definition) is 6. The molecular weight excluding hydrogens is 220 g/mol. The molecule has 2 rings (SSSR count). The van der Waals surface area contributed by atoms with Crippen LogP contribution in [0, 0.1) is 0 Å². The first-order valence-corrected chi connectivity index (χ1v) is 4.22. The Kier molecular flexibility index (Phi) is 3.81. The van der Waals surface area contributed by atoms with Gasteiger partial charge in [0, 0.05) is 12.5 Å². The minimum Gasteiger partial charge on any atom is -0.451 e. The van der Waals surface area contributed by atoms with Crippen molar-refractivity contribution in [3.05, 3.63) is 18.5 Å². The summed E-state index contributed by atoms with van der Waals surface area (Å²) in [7, 11) is 0. The topological polar surface area (TPSA) is 91.0 Å². The van der Waals surface area contributed by atoms with E-state index in [4.69, 9.17) is 14.7 Å². The van der Waals surface area contributed by atoms with Gasteiger partial charge in [-0.1, -0.05) is 5.16 Å². The Balaban J connectivity index is 0.00000112. The summed E-state index contributed by atoms with van der Waals surface area (Å²) >= 11 is 0. The molecule has 0 aliphatic rings. The summed E-state index contributed by atoms with van der Waals surface area (Å²) in [6.07, 6.45) is 3.34. The maximum absolute atomic E-state index is 5.60. The van der Waals surface area contributed by atoms with Crippen LogP contribution >= 0.6 is 12.4 Å². The Morgan fingerprint density at radius 3 is 2.93 bits per heavy atom. The first-order chi connectivity index (χ1) is 6.75. The highest BCUT2D eigenvalue weighted by molar-refractivity contribution is 5.85. The van der Waals surface area contributed by atoms with Crippen LogP contribution in [-0.2, 0) is 6.42 Å². The molecule has 0 aromatic carbocycles. The summed E-state index contributed by atoms with van der Waals surface area (Å²) in [5.74, 6) is 0.937. The normalized spacial score (nSPS) is 12.1. The Morgan fingerprint density at radius 1 is 1.53 bits per heavy atom. The SMILES string of the molecule is CC(N)Cc1noc(-c2cocn2)n1.Cl. The van der Waals surface area contributed by atoms with Crippen molar-refractivity contribution < 1.29 is 8.94 Å². The molecule has 0 spiro atoms. The summed E-state index contributed by atoms with van der Waals surface area (Å²) < 4.78 is 9.77. The van der Waals surface area contributed by atoms with Gasteiger partial charge < -0.3 is 14.7 Å². The van der Waals surface area contributed by atoms with Crippen LogP contribution in [-0.4, -0.2) is 21.2 Å². The smallest absolute Gasteiger partial charge is 0.279 e. The second-order valence-corrected chi connectivity index (χ2v) is 3.07. The minimum absolute atomic E-state index is 0. The lowest BCUT2D eigenvalue weighted by molar-refractivity contribution is 0.419. The van der Waals surface area contributed by atoms with E-state index in [-0.39, 0.29) is 18.4 Å². The molecule has 0 aliphatic carbocycles. The van der Waals surface area contributed by atoms with E-state index in [2.05, 4.69) is 15.1 Å². The molecule has 0 saturated heterocycles. The molecule has 0 saturated carbocycles. The second kappa shape index (κ2) is 4.90. The van der Waals surface area contributed by atoms with E-state index in [0.717, 1.165) is 0 Å². The van der Waals surface area contributed by atoms with Crippen molar-refractivity contribution in [2.24, 2.45) is 5.73 Å². The lowest BCUT2D eigenvalue weighted by atomic mass is 10.2. The summed E-state index contributed by atoms with van der Waals surface area (Å²) in [4.78, 5) is 8.00. The van der Waals surface area contributed by atoms with Crippen LogP contribution in [0.2, 0.25) is 0 Å². The molecule has 82 valence electrons. The predicted molar refractivity (Wildman–Crippen MR) is 54.4 cm³/mol. The summed E-state index contributed by atoms with van der Waals surface area (Å²) in [5, 5.41) is 3.76. The molecule has 2 aromatic heterocycles. The van der Waals surface area contributed by atoms with E-state index < -0.39 is 0 Å². The first-order valence-electron chi connectivity index (χ1n) is 4.22. The van der Waals surface area contributed by atoms with E-state index in [9.17, 15) is 0 Å². The third kappa shape index (κ3) is 2.77. The average Bonchev–Trinajstić information content (AvgIpc) is 2.69. The zero-order valence-corrected chi connectivity index (χ0v) is 8.90. The van der Waals surface area contributed by atoms with Crippen molar-refractivity contribution in [2.45, 2.75) is 19.4 Å². The van der Waals surface area contributed by atoms with Crippen LogP contribution in [0.15, 0.2) is 21.6 Å². The predicted octanol–water partition coefficient (Wildman–Crippen LogP) is 1.04. The van der Waals surface area contributed by atoms with Gasteiger partial charge in [-0.15, -0.1) is 12.4 Å². The third-order valence-corrected chi connectivity index (χ3v) is 1.62. The molecule has 6 nitrogen and oxygen atoms in total. The van der Waals surface area contributed by atoms with Crippen molar-refractivity contribution in [3.63, 3.8) is 0 Å². The summed E-state index contributed by atoms with van der Waals surface area (Å²) in [6.45, 7) is 1.88. The van der Waals surface area contributed by atoms with Gasteiger partial charge in [-0.05, 0) is 6.92 Å². The Morgan fingerprint density at radius 2 is 2.33 bits per heavy atom. The van der Waals surface area contributed by atoms with Crippen molar-refractivity contribution in [3.8, 4) is 11.6 Å². The fourth-order valence-electron chi connectivity index (χ4n) is 1.05. The fraction of sp³-hybridized carbons (Fsp3) is 0.375. The van der Waals surface area contributed by atoms with Gasteiger partial charge in [0.1, 0.15) is 6.26 Å². The van der Waals surface area contributed by atoms with Crippen molar-refractivity contribution >= 4 is 12.4 Å². The fourth-order valence-corrected chi connectivity index (χ4v) is 1.05. The maximum Gasteiger partial charge on any atom is 0.279 e. The quantitative estimate of drug-likeness (QED) is 0.847. The molecule has 2 aromatic rings.